The van der Waals surface area contributed by atoms with Gasteiger partial charge in [-0.15, -0.1) is 10.2 Å². The number of amides is 1. The number of nitrogens with zero attached hydrogens (tertiary/aromatic N) is 3. The Labute approximate surface area is 204 Å². The number of aryl methyl sites for hydroxylation is 1. The van der Waals surface area contributed by atoms with Gasteiger partial charge in [0.25, 0.3) is 5.91 Å². The number of carbonyl (C=O) groups is 1. The molecule has 176 valence electrons. The van der Waals surface area contributed by atoms with Crippen molar-refractivity contribution < 1.29 is 9.53 Å². The van der Waals surface area contributed by atoms with Gasteiger partial charge in [-0.1, -0.05) is 63.1 Å². The first-order chi connectivity index (χ1) is 16.4. The molecular formula is C27H29ClN4O2. The van der Waals surface area contributed by atoms with Gasteiger partial charge >= 0.3 is 0 Å². The average molecular weight is 477 g/mol. The molecular weight excluding hydrogens is 448 g/mol. The summed E-state index contributed by atoms with van der Waals surface area (Å²) in [5.41, 5.74) is 5.15. The maximum absolute atomic E-state index is 12.4. The standard InChI is InChI=1S/C27H29ClN4O2/c1-4-5-6-19-7-11-21(12-8-19)32-30-25-15-23(28)24(16-26(25)31-32)29-27(33)17-34-22-13-9-20(10-14-22)18(2)3/h7-16,18H,4-6,17H2,1-3H3,(H,29,33). The van der Waals surface area contributed by atoms with Gasteiger partial charge in [-0.25, -0.2) is 0 Å². The second-order valence-electron chi connectivity index (χ2n) is 8.64. The molecule has 0 radical (unpaired) electrons. The van der Waals surface area contributed by atoms with Crippen molar-refractivity contribution in [3.8, 4) is 11.4 Å². The van der Waals surface area contributed by atoms with Crippen molar-refractivity contribution in [2.45, 2.75) is 46.0 Å². The number of hydrogen-bond donors (Lipinski definition) is 1. The highest BCUT2D eigenvalue weighted by atomic mass is 35.5. The van der Waals surface area contributed by atoms with Gasteiger partial charge in [-0.2, -0.15) is 4.80 Å². The molecule has 0 aliphatic heterocycles. The van der Waals surface area contributed by atoms with Crippen molar-refractivity contribution in [1.29, 1.82) is 0 Å². The lowest BCUT2D eigenvalue weighted by Gasteiger charge is -2.10. The van der Waals surface area contributed by atoms with E-state index in [4.69, 9.17) is 16.3 Å². The van der Waals surface area contributed by atoms with Crippen molar-refractivity contribution >= 4 is 34.2 Å². The van der Waals surface area contributed by atoms with Crippen molar-refractivity contribution in [2.24, 2.45) is 0 Å². The van der Waals surface area contributed by atoms with E-state index in [0.29, 0.717) is 33.4 Å². The molecule has 6 nitrogen and oxygen atoms in total. The quantitative estimate of drug-likeness (QED) is 0.297. The van der Waals surface area contributed by atoms with Gasteiger partial charge in [0.15, 0.2) is 6.61 Å². The van der Waals surface area contributed by atoms with Gasteiger partial charge in [0.2, 0.25) is 0 Å². The van der Waals surface area contributed by atoms with Crippen LogP contribution in [0.25, 0.3) is 16.7 Å². The van der Waals surface area contributed by atoms with E-state index in [-0.39, 0.29) is 12.5 Å². The number of ether oxygens (including phenoxy) is 1. The van der Waals surface area contributed by atoms with Crippen molar-refractivity contribution in [3.05, 3.63) is 76.8 Å². The maximum Gasteiger partial charge on any atom is 0.262 e. The van der Waals surface area contributed by atoms with Crippen molar-refractivity contribution in [1.82, 2.24) is 15.0 Å². The fraction of sp³-hybridized carbons (Fsp3) is 0.296. The summed E-state index contributed by atoms with van der Waals surface area (Å²) in [6, 6.07) is 19.4. The predicted octanol–water partition coefficient (Wildman–Crippen LogP) is 6.56. The summed E-state index contributed by atoms with van der Waals surface area (Å²) in [7, 11) is 0. The average Bonchev–Trinajstić information content (AvgIpc) is 3.25. The molecule has 1 aromatic heterocycles. The van der Waals surface area contributed by atoms with E-state index in [9.17, 15) is 4.79 Å². The lowest BCUT2D eigenvalue weighted by molar-refractivity contribution is -0.118. The number of unbranched alkanes of at least 4 members (excludes halogenated alkanes) is 1. The number of nitrogens with one attached hydrogen (secondary N) is 1. The molecule has 0 saturated heterocycles. The minimum absolute atomic E-state index is 0.119. The molecule has 0 bridgehead atoms. The Morgan fingerprint density at radius 2 is 1.71 bits per heavy atom. The zero-order chi connectivity index (χ0) is 24.1. The van der Waals surface area contributed by atoms with Gasteiger partial charge < -0.3 is 10.1 Å². The minimum atomic E-state index is -0.302. The summed E-state index contributed by atoms with van der Waals surface area (Å²) in [6.45, 7) is 6.33. The summed E-state index contributed by atoms with van der Waals surface area (Å²) in [5, 5.41) is 12.3. The van der Waals surface area contributed by atoms with E-state index >= 15 is 0 Å². The molecule has 4 rings (SSSR count). The molecule has 0 saturated carbocycles. The van der Waals surface area contributed by atoms with Crippen LogP contribution in [0.1, 0.15) is 50.7 Å². The molecule has 1 heterocycles. The lowest BCUT2D eigenvalue weighted by Crippen LogP contribution is -2.20. The van der Waals surface area contributed by atoms with Crippen LogP contribution in [0.3, 0.4) is 0 Å². The second-order valence-corrected chi connectivity index (χ2v) is 9.05. The minimum Gasteiger partial charge on any atom is -0.484 e. The van der Waals surface area contributed by atoms with Crippen LogP contribution in [-0.2, 0) is 11.2 Å². The molecule has 0 spiro atoms. The van der Waals surface area contributed by atoms with Crippen LogP contribution >= 0.6 is 11.6 Å². The third-order valence-electron chi connectivity index (χ3n) is 5.65. The van der Waals surface area contributed by atoms with Gasteiger partial charge in [0.1, 0.15) is 16.8 Å². The van der Waals surface area contributed by atoms with Gasteiger partial charge in [0, 0.05) is 0 Å². The highest BCUT2D eigenvalue weighted by molar-refractivity contribution is 6.34. The van der Waals surface area contributed by atoms with E-state index in [1.54, 1.807) is 16.9 Å². The van der Waals surface area contributed by atoms with E-state index in [1.807, 2.05) is 36.4 Å². The van der Waals surface area contributed by atoms with Crippen molar-refractivity contribution in [3.63, 3.8) is 0 Å². The van der Waals surface area contributed by atoms with E-state index in [0.717, 1.165) is 12.1 Å². The normalized spacial score (nSPS) is 11.2. The highest BCUT2D eigenvalue weighted by Gasteiger charge is 2.12. The Balaban J connectivity index is 1.42. The Hall–Kier alpha value is -3.38. The molecule has 0 aliphatic rings. The SMILES string of the molecule is CCCCc1ccc(-n2nc3cc(Cl)c(NC(=O)COc4ccc(C(C)C)cc4)cc3n2)cc1. The topological polar surface area (TPSA) is 69.0 Å². The van der Waals surface area contributed by atoms with Crippen LogP contribution < -0.4 is 10.1 Å². The molecule has 0 atom stereocenters. The first-order valence-corrected chi connectivity index (χ1v) is 12.0. The number of rotatable bonds is 9. The van der Waals surface area contributed by atoms with E-state index in [2.05, 4.69) is 48.4 Å². The molecule has 0 aliphatic carbocycles. The number of halogens is 1. The molecule has 1 amide bonds. The number of carbonyl (C=O) groups excluding carboxylic acids is 1. The molecule has 1 N–H and O–H groups in total. The summed E-state index contributed by atoms with van der Waals surface area (Å²) < 4.78 is 5.61. The van der Waals surface area contributed by atoms with E-state index < -0.39 is 0 Å². The van der Waals surface area contributed by atoms with Crippen LogP contribution in [0, 0.1) is 0 Å². The zero-order valence-corrected chi connectivity index (χ0v) is 20.5. The number of benzene rings is 3. The molecule has 7 heteroatoms. The first kappa shape index (κ1) is 23.8. The van der Waals surface area contributed by atoms with Gasteiger partial charge in [-0.05, 0) is 66.3 Å². The predicted molar refractivity (Wildman–Crippen MR) is 137 cm³/mol. The molecule has 3 aromatic carbocycles. The van der Waals surface area contributed by atoms with E-state index in [1.165, 1.54) is 24.0 Å². The van der Waals surface area contributed by atoms with Crippen LogP contribution in [0.5, 0.6) is 5.75 Å². The van der Waals surface area contributed by atoms with Gasteiger partial charge in [-0.3, -0.25) is 4.79 Å². The van der Waals surface area contributed by atoms with Crippen LogP contribution in [0.2, 0.25) is 5.02 Å². The summed E-state index contributed by atoms with van der Waals surface area (Å²) >= 11 is 6.40. The molecule has 34 heavy (non-hydrogen) atoms. The Bertz CT molecular complexity index is 1260. The summed E-state index contributed by atoms with van der Waals surface area (Å²) in [5.74, 6) is 0.784. The first-order valence-electron chi connectivity index (χ1n) is 11.6. The van der Waals surface area contributed by atoms with Gasteiger partial charge in [0.05, 0.1) is 16.4 Å². The number of anilines is 1. The monoisotopic (exact) mass is 476 g/mol. The van der Waals surface area contributed by atoms with Crippen LogP contribution in [-0.4, -0.2) is 27.5 Å². The van der Waals surface area contributed by atoms with Crippen LogP contribution in [0.15, 0.2) is 60.7 Å². The summed E-state index contributed by atoms with van der Waals surface area (Å²) in [4.78, 5) is 14.0. The fourth-order valence-electron chi connectivity index (χ4n) is 3.61. The molecule has 0 unspecified atom stereocenters. The molecule has 4 aromatic rings. The summed E-state index contributed by atoms with van der Waals surface area (Å²) in [6.07, 6.45) is 3.41. The Kier molecular flexibility index (Phi) is 7.48. The lowest BCUT2D eigenvalue weighted by atomic mass is 10.0. The second kappa shape index (κ2) is 10.7. The number of aromatic nitrogens is 3. The third kappa shape index (κ3) is 5.75. The number of fused-ring (bicyclic) bond motifs is 1. The third-order valence-corrected chi connectivity index (χ3v) is 5.96. The smallest absolute Gasteiger partial charge is 0.262 e. The largest absolute Gasteiger partial charge is 0.484 e. The highest BCUT2D eigenvalue weighted by Crippen LogP contribution is 2.27. The molecule has 0 fully saturated rings. The van der Waals surface area contributed by atoms with Crippen LogP contribution in [0.4, 0.5) is 5.69 Å². The maximum atomic E-state index is 12.4. The Morgan fingerprint density at radius 3 is 2.35 bits per heavy atom. The number of hydrogen-bond acceptors (Lipinski definition) is 4. The van der Waals surface area contributed by atoms with Crippen molar-refractivity contribution in [2.75, 3.05) is 11.9 Å². The zero-order valence-electron chi connectivity index (χ0n) is 19.7. The Morgan fingerprint density at radius 1 is 1.03 bits per heavy atom. The fourth-order valence-corrected chi connectivity index (χ4v) is 3.82.